The number of benzene rings is 1. The highest BCUT2D eigenvalue weighted by Gasteiger charge is 2.30. The number of sulfonamides is 1. The smallest absolute Gasteiger partial charge is 0.264 e. The van der Waals surface area contributed by atoms with Crippen LogP contribution in [0.2, 0.25) is 0 Å². The molecule has 0 radical (unpaired) electrons. The molecule has 0 bridgehead atoms. The monoisotopic (exact) mass is 282 g/mol. The minimum Gasteiger partial charge on any atom is -0.344 e. The second-order valence-corrected chi connectivity index (χ2v) is 6.12. The molecule has 1 fully saturated rings. The summed E-state index contributed by atoms with van der Waals surface area (Å²) in [6.07, 6.45) is 0.552. The van der Waals surface area contributed by atoms with Crippen molar-refractivity contribution in [1.29, 1.82) is 0 Å². The van der Waals surface area contributed by atoms with Crippen molar-refractivity contribution >= 4 is 21.8 Å². The van der Waals surface area contributed by atoms with E-state index in [0.717, 1.165) is 5.56 Å². The number of hydrogen-bond donors (Lipinski definition) is 2. The van der Waals surface area contributed by atoms with Crippen molar-refractivity contribution in [1.82, 2.24) is 10.0 Å². The van der Waals surface area contributed by atoms with Gasteiger partial charge in [-0.15, -0.1) is 0 Å². The van der Waals surface area contributed by atoms with Gasteiger partial charge in [0.1, 0.15) is 6.04 Å². The molecule has 6 nitrogen and oxygen atoms in total. The molecule has 0 saturated carbocycles. The number of carbonyl (C=O) groups is 2. The number of amides is 2. The van der Waals surface area contributed by atoms with E-state index in [9.17, 15) is 18.0 Å². The van der Waals surface area contributed by atoms with Crippen molar-refractivity contribution in [2.45, 2.75) is 30.7 Å². The molecular weight excluding hydrogens is 268 g/mol. The summed E-state index contributed by atoms with van der Waals surface area (Å²) in [4.78, 5) is 22.8. The molecule has 0 aromatic heterocycles. The van der Waals surface area contributed by atoms with E-state index in [0.29, 0.717) is 6.42 Å². The van der Waals surface area contributed by atoms with E-state index in [2.05, 4.69) is 5.32 Å². The third kappa shape index (κ3) is 3.11. The first kappa shape index (κ1) is 13.5. The van der Waals surface area contributed by atoms with Crippen molar-refractivity contribution < 1.29 is 18.0 Å². The molecule has 1 aliphatic heterocycles. The molecule has 2 rings (SSSR count). The Hall–Kier alpha value is -1.89. The Morgan fingerprint density at radius 1 is 1.32 bits per heavy atom. The minimum atomic E-state index is -3.88. The van der Waals surface area contributed by atoms with Crippen LogP contribution in [0.15, 0.2) is 29.2 Å². The number of carbonyl (C=O) groups excluding carboxylic acids is 2. The molecule has 2 N–H and O–H groups in total. The van der Waals surface area contributed by atoms with Gasteiger partial charge in [0.2, 0.25) is 5.91 Å². The molecule has 1 heterocycles. The zero-order valence-electron chi connectivity index (χ0n) is 10.3. The summed E-state index contributed by atoms with van der Waals surface area (Å²) >= 11 is 0. The summed E-state index contributed by atoms with van der Waals surface area (Å²) < 4.78 is 25.9. The number of hydrogen-bond acceptors (Lipinski definition) is 4. The van der Waals surface area contributed by atoms with E-state index in [4.69, 9.17) is 0 Å². The highest BCUT2D eigenvalue weighted by molar-refractivity contribution is 7.90. The molecule has 1 aromatic carbocycles. The summed E-state index contributed by atoms with van der Waals surface area (Å²) in [6, 6.07) is 5.39. The van der Waals surface area contributed by atoms with Gasteiger partial charge >= 0.3 is 0 Å². The zero-order valence-corrected chi connectivity index (χ0v) is 11.2. The predicted molar refractivity (Wildman–Crippen MR) is 67.7 cm³/mol. The lowest BCUT2D eigenvalue weighted by Crippen LogP contribution is -2.44. The molecule has 7 heteroatoms. The van der Waals surface area contributed by atoms with E-state index >= 15 is 0 Å². The Kier molecular flexibility index (Phi) is 3.57. The third-order valence-electron chi connectivity index (χ3n) is 2.88. The SMILES string of the molecule is Cc1ccc(S(=O)(=O)NC(=O)C2CCC(=O)N2)cc1. The quantitative estimate of drug-likeness (QED) is 0.821. The summed E-state index contributed by atoms with van der Waals surface area (Å²) in [5, 5.41) is 2.42. The van der Waals surface area contributed by atoms with Gasteiger partial charge in [0.25, 0.3) is 15.9 Å². The summed E-state index contributed by atoms with van der Waals surface area (Å²) in [7, 11) is -3.88. The highest BCUT2D eigenvalue weighted by atomic mass is 32.2. The molecule has 1 aromatic rings. The lowest BCUT2D eigenvalue weighted by molar-refractivity contribution is -0.124. The Balaban J connectivity index is 2.11. The van der Waals surface area contributed by atoms with Crippen LogP contribution in [0, 0.1) is 6.92 Å². The lowest BCUT2D eigenvalue weighted by atomic mass is 10.2. The van der Waals surface area contributed by atoms with Gasteiger partial charge in [0, 0.05) is 6.42 Å². The molecule has 102 valence electrons. The fourth-order valence-electron chi connectivity index (χ4n) is 1.79. The molecule has 19 heavy (non-hydrogen) atoms. The minimum absolute atomic E-state index is 0.0239. The van der Waals surface area contributed by atoms with Gasteiger partial charge in [0.05, 0.1) is 4.90 Å². The molecule has 0 aliphatic carbocycles. The van der Waals surface area contributed by atoms with Gasteiger partial charge in [-0.05, 0) is 25.5 Å². The van der Waals surface area contributed by atoms with Gasteiger partial charge in [-0.2, -0.15) is 0 Å². The fourth-order valence-corrected chi connectivity index (χ4v) is 2.81. The number of nitrogens with one attached hydrogen (secondary N) is 2. The maximum atomic E-state index is 11.9. The van der Waals surface area contributed by atoms with E-state index in [1.54, 1.807) is 12.1 Å². The summed E-state index contributed by atoms with van der Waals surface area (Å²) in [5.41, 5.74) is 0.924. The van der Waals surface area contributed by atoms with Gasteiger partial charge in [-0.3, -0.25) is 9.59 Å². The lowest BCUT2D eigenvalue weighted by Gasteiger charge is -2.11. The maximum absolute atomic E-state index is 11.9. The van der Waals surface area contributed by atoms with E-state index < -0.39 is 22.0 Å². The number of aryl methyl sites for hydroxylation is 1. The van der Waals surface area contributed by atoms with Crippen LogP contribution in [0.5, 0.6) is 0 Å². The highest BCUT2D eigenvalue weighted by Crippen LogP contribution is 2.12. The molecule has 0 spiro atoms. The van der Waals surface area contributed by atoms with Crippen LogP contribution in [0.25, 0.3) is 0 Å². The third-order valence-corrected chi connectivity index (χ3v) is 4.24. The predicted octanol–water partition coefficient (Wildman–Crippen LogP) is 0.0785. The topological polar surface area (TPSA) is 92.3 Å². The molecule has 2 amide bonds. The van der Waals surface area contributed by atoms with Crippen LogP contribution in [0.3, 0.4) is 0 Å². The van der Waals surface area contributed by atoms with E-state index in [-0.39, 0.29) is 17.2 Å². The first-order chi connectivity index (χ1) is 8.88. The average Bonchev–Trinajstić information content (AvgIpc) is 2.76. The molecular formula is C12H14N2O4S. The standard InChI is InChI=1S/C12H14N2O4S/c1-8-2-4-9(5-3-8)19(17,18)14-12(16)10-6-7-11(15)13-10/h2-5,10H,6-7H2,1H3,(H,13,15)(H,14,16). The second-order valence-electron chi connectivity index (χ2n) is 4.44. The van der Waals surface area contributed by atoms with Crippen LogP contribution in [-0.4, -0.2) is 26.3 Å². The first-order valence-electron chi connectivity index (χ1n) is 5.81. The van der Waals surface area contributed by atoms with Crippen molar-refractivity contribution in [3.63, 3.8) is 0 Å². The number of rotatable bonds is 3. The first-order valence-corrected chi connectivity index (χ1v) is 7.29. The summed E-state index contributed by atoms with van der Waals surface area (Å²) in [6.45, 7) is 1.84. The van der Waals surface area contributed by atoms with Gasteiger partial charge in [-0.25, -0.2) is 13.1 Å². The van der Waals surface area contributed by atoms with Crippen LogP contribution in [0.1, 0.15) is 18.4 Å². The molecule has 1 unspecified atom stereocenters. The van der Waals surface area contributed by atoms with Crippen LogP contribution >= 0.6 is 0 Å². The van der Waals surface area contributed by atoms with Crippen molar-refractivity contribution in [3.8, 4) is 0 Å². The second kappa shape index (κ2) is 5.00. The van der Waals surface area contributed by atoms with Crippen LogP contribution in [0.4, 0.5) is 0 Å². The van der Waals surface area contributed by atoms with Gasteiger partial charge < -0.3 is 5.32 Å². The van der Waals surface area contributed by atoms with Gasteiger partial charge in [-0.1, -0.05) is 17.7 Å². The van der Waals surface area contributed by atoms with Crippen LogP contribution in [-0.2, 0) is 19.6 Å². The van der Waals surface area contributed by atoms with Crippen LogP contribution < -0.4 is 10.0 Å². The van der Waals surface area contributed by atoms with Gasteiger partial charge in [0.15, 0.2) is 0 Å². The average molecular weight is 282 g/mol. The molecule has 1 aliphatic rings. The Morgan fingerprint density at radius 2 is 1.95 bits per heavy atom. The maximum Gasteiger partial charge on any atom is 0.264 e. The van der Waals surface area contributed by atoms with E-state index in [1.807, 2.05) is 11.6 Å². The summed E-state index contributed by atoms with van der Waals surface area (Å²) in [5.74, 6) is -0.945. The van der Waals surface area contributed by atoms with Crippen molar-refractivity contribution in [2.75, 3.05) is 0 Å². The van der Waals surface area contributed by atoms with E-state index in [1.165, 1.54) is 12.1 Å². The largest absolute Gasteiger partial charge is 0.344 e. The Bertz CT molecular complexity index is 607. The normalized spacial score (nSPS) is 19.0. The Morgan fingerprint density at radius 3 is 2.47 bits per heavy atom. The molecule has 1 atom stereocenters. The Labute approximate surface area is 111 Å². The van der Waals surface area contributed by atoms with Crippen molar-refractivity contribution in [2.24, 2.45) is 0 Å². The fraction of sp³-hybridized carbons (Fsp3) is 0.333. The molecule has 1 saturated heterocycles. The zero-order chi connectivity index (χ0) is 14.0. The van der Waals surface area contributed by atoms with Crippen molar-refractivity contribution in [3.05, 3.63) is 29.8 Å².